The number of hydrogen-bond donors (Lipinski definition) is 1. The standard InChI is InChI=1S/C17H18N2OS/c20-11-16-18-17-14(13-8-4-5-9-15(13)21-17)10-19(16)12-6-2-1-3-7-12/h1-3,6-7,10,16,20H,4-5,8-9,11H2. The molecule has 108 valence electrons. The first-order chi connectivity index (χ1) is 10.4. The number of thiophene rings is 1. The minimum atomic E-state index is -0.208. The van der Waals surface area contributed by atoms with Crippen LogP contribution in [0.25, 0.3) is 6.20 Å². The molecule has 2 aromatic rings. The summed E-state index contributed by atoms with van der Waals surface area (Å²) in [6.07, 6.45) is 6.90. The molecule has 1 aromatic carbocycles. The topological polar surface area (TPSA) is 35.8 Å². The summed E-state index contributed by atoms with van der Waals surface area (Å²) in [6, 6.07) is 10.2. The largest absolute Gasteiger partial charge is 0.392 e. The van der Waals surface area contributed by atoms with Gasteiger partial charge in [-0.25, -0.2) is 4.99 Å². The van der Waals surface area contributed by atoms with Crippen molar-refractivity contribution in [3.63, 3.8) is 0 Å². The molecule has 1 unspecified atom stereocenters. The number of aryl methyl sites for hydroxylation is 1. The third-order valence-electron chi connectivity index (χ3n) is 4.27. The van der Waals surface area contributed by atoms with E-state index in [1.54, 1.807) is 0 Å². The Labute approximate surface area is 127 Å². The molecule has 3 nitrogen and oxygen atoms in total. The van der Waals surface area contributed by atoms with E-state index in [0.717, 1.165) is 10.4 Å². The highest BCUT2D eigenvalue weighted by atomic mass is 32.1. The molecular weight excluding hydrogens is 280 g/mol. The molecule has 0 saturated heterocycles. The normalized spacial score (nSPS) is 20.2. The number of benzene rings is 1. The van der Waals surface area contributed by atoms with Crippen LogP contribution in [0, 0.1) is 0 Å². The van der Waals surface area contributed by atoms with Gasteiger partial charge in [-0.15, -0.1) is 11.3 Å². The van der Waals surface area contributed by atoms with Crippen LogP contribution in [0.1, 0.15) is 23.3 Å². The van der Waals surface area contributed by atoms with Gasteiger partial charge in [0.2, 0.25) is 0 Å². The maximum atomic E-state index is 9.70. The van der Waals surface area contributed by atoms with E-state index >= 15 is 0 Å². The van der Waals surface area contributed by atoms with Crippen molar-refractivity contribution in [3.8, 4) is 0 Å². The van der Waals surface area contributed by atoms with Crippen LogP contribution in [0.15, 0.2) is 35.3 Å². The molecular formula is C17H18N2OS. The summed E-state index contributed by atoms with van der Waals surface area (Å²) in [5.74, 6) is 0. The summed E-state index contributed by atoms with van der Waals surface area (Å²) in [6.45, 7) is 0.0351. The predicted molar refractivity (Wildman–Crippen MR) is 86.0 cm³/mol. The van der Waals surface area contributed by atoms with Crippen LogP contribution in [0.3, 0.4) is 0 Å². The molecule has 1 aliphatic carbocycles. The number of fused-ring (bicyclic) bond motifs is 3. The summed E-state index contributed by atoms with van der Waals surface area (Å²) < 4.78 is 1.10. The first kappa shape index (κ1) is 13.0. The number of hydrogen-bond acceptors (Lipinski definition) is 4. The van der Waals surface area contributed by atoms with Crippen LogP contribution >= 0.6 is 11.3 Å². The Kier molecular flexibility index (Phi) is 3.28. The van der Waals surface area contributed by atoms with Crippen molar-refractivity contribution in [2.75, 3.05) is 11.5 Å². The molecule has 4 rings (SSSR count). The second-order valence-corrected chi connectivity index (χ2v) is 6.68. The average Bonchev–Trinajstić information content (AvgIpc) is 2.92. The maximum absolute atomic E-state index is 9.70. The molecule has 0 bridgehead atoms. The summed E-state index contributed by atoms with van der Waals surface area (Å²) >= 11 is 1.82. The van der Waals surface area contributed by atoms with E-state index in [-0.39, 0.29) is 12.8 Å². The fourth-order valence-corrected chi connectivity index (χ4v) is 4.48. The van der Waals surface area contributed by atoms with Crippen LogP contribution < -0.4 is 14.8 Å². The van der Waals surface area contributed by atoms with Crippen LogP contribution in [0.5, 0.6) is 0 Å². The van der Waals surface area contributed by atoms with Gasteiger partial charge in [0.25, 0.3) is 0 Å². The molecule has 0 amide bonds. The lowest BCUT2D eigenvalue weighted by atomic mass is 9.98. The van der Waals surface area contributed by atoms with Crippen molar-refractivity contribution in [1.29, 1.82) is 0 Å². The van der Waals surface area contributed by atoms with Gasteiger partial charge in [0.05, 0.1) is 6.61 Å². The zero-order valence-corrected chi connectivity index (χ0v) is 12.6. The molecule has 1 aliphatic heterocycles. The van der Waals surface area contributed by atoms with E-state index in [4.69, 9.17) is 4.99 Å². The summed E-state index contributed by atoms with van der Waals surface area (Å²) in [4.78, 5) is 8.39. The van der Waals surface area contributed by atoms with Gasteiger partial charge in [-0.3, -0.25) is 0 Å². The Morgan fingerprint density at radius 3 is 2.81 bits per heavy atom. The highest BCUT2D eigenvalue weighted by Gasteiger charge is 2.22. The van der Waals surface area contributed by atoms with Crippen molar-refractivity contribution >= 4 is 23.2 Å². The van der Waals surface area contributed by atoms with Gasteiger partial charge in [-0.2, -0.15) is 0 Å². The maximum Gasteiger partial charge on any atom is 0.149 e. The third-order valence-corrected chi connectivity index (χ3v) is 5.48. The lowest BCUT2D eigenvalue weighted by molar-refractivity contribution is 0.267. The monoisotopic (exact) mass is 298 g/mol. The van der Waals surface area contributed by atoms with Gasteiger partial charge in [0.1, 0.15) is 10.8 Å². The van der Waals surface area contributed by atoms with E-state index in [1.165, 1.54) is 41.3 Å². The van der Waals surface area contributed by atoms with E-state index in [9.17, 15) is 5.11 Å². The SMILES string of the molecule is OCC1N=c2sc3c(c2=CN1c1ccccc1)CCCC3. The zero-order chi connectivity index (χ0) is 14.2. The molecule has 0 fully saturated rings. The number of aliphatic hydroxyl groups is 1. The quantitative estimate of drug-likeness (QED) is 0.918. The molecule has 21 heavy (non-hydrogen) atoms. The molecule has 0 saturated carbocycles. The Hall–Kier alpha value is -1.65. The molecule has 1 atom stereocenters. The average molecular weight is 298 g/mol. The van der Waals surface area contributed by atoms with E-state index in [0.29, 0.717) is 0 Å². The minimum absolute atomic E-state index is 0.0351. The number of rotatable bonds is 2. The summed E-state index contributed by atoms with van der Waals surface area (Å²) in [5.41, 5.74) is 2.57. The Balaban J connectivity index is 1.89. The molecule has 0 radical (unpaired) electrons. The molecule has 1 N–H and O–H groups in total. The van der Waals surface area contributed by atoms with Crippen LogP contribution in [-0.4, -0.2) is 17.9 Å². The molecule has 1 aromatic heterocycles. The third kappa shape index (κ3) is 2.19. The number of nitrogens with zero attached hydrogens (tertiary/aromatic N) is 2. The van der Waals surface area contributed by atoms with Crippen molar-refractivity contribution in [2.24, 2.45) is 4.99 Å². The van der Waals surface area contributed by atoms with E-state index in [2.05, 4.69) is 23.2 Å². The van der Waals surface area contributed by atoms with Gasteiger partial charge in [0, 0.05) is 22.0 Å². The van der Waals surface area contributed by atoms with Crippen LogP contribution in [0.4, 0.5) is 5.69 Å². The lowest BCUT2D eigenvalue weighted by Crippen LogP contribution is -2.43. The fraction of sp³-hybridized carbons (Fsp3) is 0.353. The first-order valence-corrected chi connectivity index (χ1v) is 8.33. The number of aliphatic hydroxyl groups excluding tert-OH is 1. The first-order valence-electron chi connectivity index (χ1n) is 7.51. The zero-order valence-electron chi connectivity index (χ0n) is 11.8. The van der Waals surface area contributed by atoms with Crippen molar-refractivity contribution < 1.29 is 5.11 Å². The highest BCUT2D eigenvalue weighted by Crippen LogP contribution is 2.24. The van der Waals surface area contributed by atoms with E-state index < -0.39 is 0 Å². The Bertz CT molecular complexity index is 766. The lowest BCUT2D eigenvalue weighted by Gasteiger charge is -2.28. The number of para-hydroxylation sites is 1. The van der Waals surface area contributed by atoms with Crippen molar-refractivity contribution in [3.05, 3.63) is 50.7 Å². The van der Waals surface area contributed by atoms with Gasteiger partial charge in [-0.1, -0.05) is 18.2 Å². The van der Waals surface area contributed by atoms with Gasteiger partial charge < -0.3 is 10.0 Å². The molecule has 0 spiro atoms. The molecule has 4 heteroatoms. The predicted octanol–water partition coefficient (Wildman–Crippen LogP) is 1.82. The Morgan fingerprint density at radius 1 is 1.19 bits per heavy atom. The van der Waals surface area contributed by atoms with Gasteiger partial charge in [-0.05, 0) is 43.4 Å². The number of anilines is 1. The highest BCUT2D eigenvalue weighted by molar-refractivity contribution is 7.09. The van der Waals surface area contributed by atoms with Gasteiger partial charge in [0.15, 0.2) is 0 Å². The van der Waals surface area contributed by atoms with Crippen LogP contribution in [0.2, 0.25) is 0 Å². The molecule has 2 heterocycles. The summed E-state index contributed by atoms with van der Waals surface area (Å²) in [5, 5.41) is 11.0. The van der Waals surface area contributed by atoms with Gasteiger partial charge >= 0.3 is 0 Å². The second-order valence-electron chi connectivity index (χ2n) is 5.59. The summed E-state index contributed by atoms with van der Waals surface area (Å²) in [7, 11) is 0. The minimum Gasteiger partial charge on any atom is -0.392 e. The van der Waals surface area contributed by atoms with Crippen molar-refractivity contribution in [2.45, 2.75) is 31.8 Å². The van der Waals surface area contributed by atoms with Crippen LogP contribution in [-0.2, 0) is 12.8 Å². The second kappa shape index (κ2) is 5.28. The smallest absolute Gasteiger partial charge is 0.149 e. The van der Waals surface area contributed by atoms with E-state index in [1.807, 2.05) is 29.5 Å². The fourth-order valence-electron chi connectivity index (χ4n) is 3.20. The molecule has 2 aliphatic rings. The van der Waals surface area contributed by atoms with Crippen molar-refractivity contribution in [1.82, 2.24) is 0 Å². The Morgan fingerprint density at radius 2 is 2.00 bits per heavy atom.